The Bertz CT molecular complexity index is 582. The van der Waals surface area contributed by atoms with E-state index in [2.05, 4.69) is 5.32 Å². The minimum atomic E-state index is -4.28. The van der Waals surface area contributed by atoms with Crippen LogP contribution < -0.4 is 5.32 Å². The van der Waals surface area contributed by atoms with Gasteiger partial charge in [0.2, 0.25) is 0 Å². The summed E-state index contributed by atoms with van der Waals surface area (Å²) in [6.07, 6.45) is -1.47. The van der Waals surface area contributed by atoms with Crippen molar-refractivity contribution in [2.24, 2.45) is 0 Å². The average molecular weight is 266 g/mol. The average Bonchev–Trinajstić information content (AvgIpc) is 2.82. The molecule has 0 saturated carbocycles. The van der Waals surface area contributed by atoms with E-state index in [1.165, 1.54) is 23.4 Å². The van der Waals surface area contributed by atoms with Crippen LogP contribution in [0.1, 0.15) is 16.8 Å². The molecule has 0 saturated heterocycles. The molecular formula is C14H13F3N2. The highest BCUT2D eigenvalue weighted by Gasteiger charge is 2.30. The van der Waals surface area contributed by atoms with Crippen molar-refractivity contribution in [1.29, 1.82) is 0 Å². The Labute approximate surface area is 108 Å². The molecule has 0 fully saturated rings. The first-order chi connectivity index (χ1) is 9.05. The fourth-order valence-electron chi connectivity index (χ4n) is 2.43. The van der Waals surface area contributed by atoms with Crippen LogP contribution >= 0.6 is 0 Å². The minimum Gasteiger partial charge on any atom is -0.321 e. The molecule has 5 heteroatoms. The molecule has 2 nitrogen and oxygen atoms in total. The Balaban J connectivity index is 1.97. The third-order valence-corrected chi connectivity index (χ3v) is 3.41. The van der Waals surface area contributed by atoms with Crippen LogP contribution in [0, 0.1) is 0 Å². The third kappa shape index (κ3) is 2.26. The first-order valence-corrected chi connectivity index (χ1v) is 6.13. The Morgan fingerprint density at radius 2 is 1.79 bits per heavy atom. The van der Waals surface area contributed by atoms with Gasteiger partial charge in [-0.2, -0.15) is 13.2 Å². The molecule has 0 aliphatic carbocycles. The van der Waals surface area contributed by atoms with Crippen LogP contribution in [-0.2, 0) is 19.1 Å². The van der Waals surface area contributed by atoms with Gasteiger partial charge in [0.1, 0.15) is 0 Å². The number of fused-ring (bicyclic) bond motifs is 1. The number of hydrogen-bond acceptors (Lipinski definition) is 1. The molecule has 0 spiro atoms. The van der Waals surface area contributed by atoms with Gasteiger partial charge in [-0.25, -0.2) is 0 Å². The lowest BCUT2D eigenvalue weighted by molar-refractivity contribution is -0.137. The lowest BCUT2D eigenvalue weighted by Crippen LogP contribution is -2.24. The number of benzene rings is 1. The van der Waals surface area contributed by atoms with Gasteiger partial charge in [0.05, 0.1) is 5.56 Å². The van der Waals surface area contributed by atoms with Gasteiger partial charge in [0, 0.05) is 37.1 Å². The molecule has 2 aromatic rings. The normalized spacial score (nSPS) is 15.3. The van der Waals surface area contributed by atoms with Crippen LogP contribution in [0.2, 0.25) is 0 Å². The molecule has 0 amide bonds. The Kier molecular flexibility index (Phi) is 2.86. The second kappa shape index (κ2) is 4.42. The Morgan fingerprint density at radius 3 is 2.47 bits per heavy atom. The highest BCUT2D eigenvalue weighted by atomic mass is 19.4. The second-order valence-corrected chi connectivity index (χ2v) is 4.63. The third-order valence-electron chi connectivity index (χ3n) is 3.41. The van der Waals surface area contributed by atoms with Crippen molar-refractivity contribution in [2.45, 2.75) is 19.1 Å². The van der Waals surface area contributed by atoms with Crippen molar-refractivity contribution in [3.63, 3.8) is 0 Å². The molecular weight excluding hydrogens is 253 g/mol. The minimum absolute atomic E-state index is 0.612. The van der Waals surface area contributed by atoms with E-state index in [1.807, 2.05) is 16.8 Å². The summed E-state index contributed by atoms with van der Waals surface area (Å²) in [5.74, 6) is 0. The van der Waals surface area contributed by atoms with Crippen LogP contribution in [-0.4, -0.2) is 11.1 Å². The van der Waals surface area contributed by atoms with E-state index < -0.39 is 11.7 Å². The molecule has 3 rings (SSSR count). The second-order valence-electron chi connectivity index (χ2n) is 4.63. The van der Waals surface area contributed by atoms with Crippen LogP contribution in [0.3, 0.4) is 0 Å². The number of aromatic nitrogens is 1. The maximum atomic E-state index is 12.5. The predicted octanol–water partition coefficient (Wildman–Crippen LogP) is 3.14. The van der Waals surface area contributed by atoms with Gasteiger partial charge in [-0.1, -0.05) is 0 Å². The van der Waals surface area contributed by atoms with Crippen molar-refractivity contribution in [1.82, 2.24) is 9.88 Å². The maximum Gasteiger partial charge on any atom is 0.416 e. The molecule has 100 valence electrons. The van der Waals surface area contributed by atoms with Crippen molar-refractivity contribution in [3.05, 3.63) is 53.3 Å². The molecule has 1 N–H and O–H groups in total. The summed E-state index contributed by atoms with van der Waals surface area (Å²) < 4.78 is 39.5. The highest BCUT2D eigenvalue weighted by Crippen LogP contribution is 2.30. The van der Waals surface area contributed by atoms with E-state index in [1.54, 1.807) is 0 Å². The molecule has 1 aliphatic heterocycles. The van der Waals surface area contributed by atoms with E-state index in [0.29, 0.717) is 0 Å². The number of alkyl halides is 3. The van der Waals surface area contributed by atoms with Crippen LogP contribution in [0.5, 0.6) is 0 Å². The summed E-state index contributed by atoms with van der Waals surface area (Å²) in [6.45, 7) is 1.72. The molecule has 0 bridgehead atoms. The maximum absolute atomic E-state index is 12.5. The number of nitrogens with one attached hydrogen (secondary N) is 1. The zero-order valence-corrected chi connectivity index (χ0v) is 10.2. The summed E-state index contributed by atoms with van der Waals surface area (Å²) in [4.78, 5) is 0. The van der Waals surface area contributed by atoms with Crippen LogP contribution in [0.4, 0.5) is 13.2 Å². The van der Waals surface area contributed by atoms with Gasteiger partial charge in [-0.3, -0.25) is 0 Å². The van der Waals surface area contributed by atoms with Gasteiger partial charge in [0.15, 0.2) is 0 Å². The lowest BCUT2D eigenvalue weighted by Gasteiger charge is -2.17. The van der Waals surface area contributed by atoms with E-state index in [9.17, 15) is 13.2 Å². The smallest absolute Gasteiger partial charge is 0.321 e. The molecule has 1 aromatic carbocycles. The van der Waals surface area contributed by atoms with Crippen LogP contribution in [0.25, 0.3) is 5.69 Å². The van der Waals surface area contributed by atoms with Crippen LogP contribution in [0.15, 0.2) is 36.5 Å². The van der Waals surface area contributed by atoms with E-state index in [-0.39, 0.29) is 0 Å². The molecule has 19 heavy (non-hydrogen) atoms. The van der Waals surface area contributed by atoms with Gasteiger partial charge in [-0.05, 0) is 35.9 Å². The van der Waals surface area contributed by atoms with Gasteiger partial charge < -0.3 is 9.88 Å². The SMILES string of the molecule is FC(F)(F)c1ccc(-n2ccc3c2CCNC3)cc1. The van der Waals surface area contributed by atoms with Crippen molar-refractivity contribution < 1.29 is 13.2 Å². The van der Waals surface area contributed by atoms with Crippen molar-refractivity contribution in [2.75, 3.05) is 6.54 Å². The lowest BCUT2D eigenvalue weighted by atomic mass is 10.1. The predicted molar refractivity (Wildman–Crippen MR) is 66.2 cm³/mol. The Hall–Kier alpha value is -1.75. The highest BCUT2D eigenvalue weighted by molar-refractivity contribution is 5.41. The van der Waals surface area contributed by atoms with E-state index >= 15 is 0 Å². The zero-order chi connectivity index (χ0) is 13.5. The number of hydrogen-bond donors (Lipinski definition) is 1. The quantitative estimate of drug-likeness (QED) is 0.839. The summed E-state index contributed by atoms with van der Waals surface area (Å²) in [6, 6.07) is 7.31. The van der Waals surface area contributed by atoms with Gasteiger partial charge in [-0.15, -0.1) is 0 Å². The zero-order valence-electron chi connectivity index (χ0n) is 10.2. The molecule has 0 radical (unpaired) electrons. The summed E-state index contributed by atoms with van der Waals surface area (Å²) >= 11 is 0. The monoisotopic (exact) mass is 266 g/mol. The molecule has 2 heterocycles. The molecule has 0 atom stereocenters. The number of nitrogens with zero attached hydrogens (tertiary/aromatic N) is 1. The van der Waals surface area contributed by atoms with E-state index in [4.69, 9.17) is 0 Å². The first-order valence-electron chi connectivity index (χ1n) is 6.13. The summed E-state index contributed by atoms with van der Waals surface area (Å²) in [7, 11) is 0. The molecule has 1 aliphatic rings. The largest absolute Gasteiger partial charge is 0.416 e. The first kappa shape index (κ1) is 12.3. The Morgan fingerprint density at radius 1 is 1.05 bits per heavy atom. The molecule has 1 aromatic heterocycles. The topological polar surface area (TPSA) is 17.0 Å². The standard InChI is InChI=1S/C14H13F3N2/c15-14(16,17)11-1-3-12(4-2-11)19-8-6-10-9-18-7-5-13(10)19/h1-4,6,8,18H,5,7,9H2. The summed E-state index contributed by atoms with van der Waals surface area (Å²) in [5, 5.41) is 3.27. The number of rotatable bonds is 1. The summed E-state index contributed by atoms with van der Waals surface area (Å²) in [5.41, 5.74) is 2.56. The fraction of sp³-hybridized carbons (Fsp3) is 0.286. The van der Waals surface area contributed by atoms with Crippen molar-refractivity contribution >= 4 is 0 Å². The fourth-order valence-corrected chi connectivity index (χ4v) is 2.43. The van der Waals surface area contributed by atoms with E-state index in [0.717, 1.165) is 37.3 Å². The van der Waals surface area contributed by atoms with Gasteiger partial charge in [0.25, 0.3) is 0 Å². The van der Waals surface area contributed by atoms with Crippen molar-refractivity contribution in [3.8, 4) is 5.69 Å². The number of halogens is 3. The molecule has 0 unspecified atom stereocenters. The van der Waals surface area contributed by atoms with Gasteiger partial charge >= 0.3 is 6.18 Å².